The zero-order valence-electron chi connectivity index (χ0n) is 22.4. The van der Waals surface area contributed by atoms with E-state index in [-0.39, 0.29) is 0 Å². The molecule has 0 bridgehead atoms. The van der Waals surface area contributed by atoms with Crippen LogP contribution in [0.2, 0.25) is 0 Å². The van der Waals surface area contributed by atoms with Crippen LogP contribution in [-0.4, -0.2) is 0 Å². The van der Waals surface area contributed by atoms with Gasteiger partial charge in [0, 0.05) is 23.1 Å². The van der Waals surface area contributed by atoms with Crippen LogP contribution in [-0.2, 0) is 6.42 Å². The number of unbranched alkanes of at least 4 members (excludes halogenated alkanes) is 6. The van der Waals surface area contributed by atoms with Gasteiger partial charge in [-0.25, -0.2) is 0 Å². The highest BCUT2D eigenvalue weighted by Gasteiger charge is 2.20. The van der Waals surface area contributed by atoms with Crippen LogP contribution in [0.4, 0.5) is 0 Å². The van der Waals surface area contributed by atoms with Crippen molar-refractivity contribution in [1.29, 1.82) is 0 Å². The van der Waals surface area contributed by atoms with Crippen molar-refractivity contribution in [2.24, 2.45) is 11.8 Å². The average Bonchev–Trinajstić information content (AvgIpc) is 2.91. The third kappa shape index (κ3) is 10.8. The lowest BCUT2D eigenvalue weighted by Crippen LogP contribution is -2.15. The number of hydrogen-bond acceptors (Lipinski definition) is 0. The summed E-state index contributed by atoms with van der Waals surface area (Å²) < 4.78 is 0. The summed E-state index contributed by atoms with van der Waals surface area (Å²) in [6.07, 6.45) is 20.1. The highest BCUT2D eigenvalue weighted by atomic mass is 14.3. The summed E-state index contributed by atoms with van der Waals surface area (Å²) >= 11 is 0. The molecule has 0 heteroatoms. The van der Waals surface area contributed by atoms with Crippen molar-refractivity contribution >= 4 is 0 Å². The predicted octanol–water partition coefficient (Wildman–Crippen LogP) is 9.73. The molecular weight excluding hydrogens is 420 g/mol. The molecule has 0 aliphatic heterocycles. The van der Waals surface area contributed by atoms with Gasteiger partial charge in [0.1, 0.15) is 0 Å². The maximum Gasteiger partial charge on any atom is 0.0249 e. The molecule has 186 valence electrons. The highest BCUT2D eigenvalue weighted by molar-refractivity contribution is 5.46. The molecule has 35 heavy (non-hydrogen) atoms. The van der Waals surface area contributed by atoms with E-state index in [1.165, 1.54) is 95.5 Å². The second-order valence-corrected chi connectivity index (χ2v) is 10.6. The van der Waals surface area contributed by atoms with E-state index in [0.29, 0.717) is 0 Å². The van der Waals surface area contributed by atoms with Crippen LogP contribution in [0.1, 0.15) is 126 Å². The minimum atomic E-state index is 0.936. The standard InChI is InChI=1S/C35H46/c1-3-5-7-8-9-10-11-13-31-16-20-33(21-17-31)23-25-35-28-26-34(27-29-35)24-22-32-18-14-30(15-19-32)12-6-4-2/h16-17,20-21,26-30,32H,3-10,12,14-15,18-19,22,24H2,1-2H3/t30-,32-. The predicted molar refractivity (Wildman–Crippen MR) is 152 cm³/mol. The van der Waals surface area contributed by atoms with Gasteiger partial charge >= 0.3 is 0 Å². The molecule has 2 aromatic rings. The molecule has 0 radical (unpaired) electrons. The number of rotatable bonds is 11. The van der Waals surface area contributed by atoms with Gasteiger partial charge in [-0.05, 0) is 73.1 Å². The molecule has 0 heterocycles. The quantitative estimate of drug-likeness (QED) is 0.228. The SMILES string of the molecule is CCCCCCCC#Cc1ccc(C#Cc2ccc(CC[C@H]3CC[C@H](CCCC)CC3)cc2)cc1. The number of aryl methyl sites for hydroxylation is 1. The molecule has 0 aromatic heterocycles. The fraction of sp³-hybridized carbons (Fsp3) is 0.543. The van der Waals surface area contributed by atoms with E-state index in [0.717, 1.165) is 34.9 Å². The first-order valence-corrected chi connectivity index (χ1v) is 14.5. The molecule has 0 N–H and O–H groups in total. The largest absolute Gasteiger partial charge is 0.0979 e. The van der Waals surface area contributed by atoms with Crippen molar-refractivity contribution in [3.8, 4) is 23.7 Å². The smallest absolute Gasteiger partial charge is 0.0249 e. The van der Waals surface area contributed by atoms with Gasteiger partial charge in [0.15, 0.2) is 0 Å². The van der Waals surface area contributed by atoms with Gasteiger partial charge in [-0.2, -0.15) is 0 Å². The third-order valence-corrected chi connectivity index (χ3v) is 7.60. The minimum Gasteiger partial charge on any atom is -0.0979 e. The molecule has 0 spiro atoms. The normalized spacial score (nSPS) is 17.2. The van der Waals surface area contributed by atoms with Gasteiger partial charge in [0.05, 0.1) is 0 Å². The number of benzene rings is 2. The molecule has 0 amide bonds. The van der Waals surface area contributed by atoms with Crippen LogP contribution in [0.3, 0.4) is 0 Å². The van der Waals surface area contributed by atoms with E-state index in [9.17, 15) is 0 Å². The molecule has 1 aliphatic rings. The second-order valence-electron chi connectivity index (χ2n) is 10.6. The van der Waals surface area contributed by atoms with E-state index in [1.807, 2.05) is 0 Å². The van der Waals surface area contributed by atoms with E-state index in [2.05, 4.69) is 86.1 Å². The van der Waals surface area contributed by atoms with Crippen LogP contribution in [0.15, 0.2) is 48.5 Å². The minimum absolute atomic E-state index is 0.936. The second kappa shape index (κ2) is 16.3. The summed E-state index contributed by atoms with van der Waals surface area (Å²) in [5.41, 5.74) is 4.69. The molecule has 2 aromatic carbocycles. The maximum atomic E-state index is 3.33. The first-order chi connectivity index (χ1) is 17.3. The Labute approximate surface area is 216 Å². The summed E-state index contributed by atoms with van der Waals surface area (Å²) in [5.74, 6) is 15.2. The molecule has 0 unspecified atom stereocenters. The van der Waals surface area contributed by atoms with E-state index < -0.39 is 0 Å². The summed E-state index contributed by atoms with van der Waals surface area (Å²) in [7, 11) is 0. The summed E-state index contributed by atoms with van der Waals surface area (Å²) in [6, 6.07) is 17.3. The van der Waals surface area contributed by atoms with Crippen LogP contribution in [0, 0.1) is 35.5 Å². The van der Waals surface area contributed by atoms with Gasteiger partial charge in [-0.15, -0.1) is 0 Å². The van der Waals surface area contributed by atoms with E-state index in [4.69, 9.17) is 0 Å². The number of hydrogen-bond donors (Lipinski definition) is 0. The summed E-state index contributed by atoms with van der Waals surface area (Å²) in [5, 5.41) is 0. The van der Waals surface area contributed by atoms with Gasteiger partial charge in [0.25, 0.3) is 0 Å². The van der Waals surface area contributed by atoms with Crippen LogP contribution in [0.25, 0.3) is 0 Å². The Kier molecular flexibility index (Phi) is 12.6. The fourth-order valence-corrected chi connectivity index (χ4v) is 5.19. The van der Waals surface area contributed by atoms with Crippen molar-refractivity contribution in [1.82, 2.24) is 0 Å². The Morgan fingerprint density at radius 3 is 1.69 bits per heavy atom. The first kappa shape index (κ1) is 27.2. The molecule has 3 rings (SSSR count). The maximum absolute atomic E-state index is 3.33. The highest BCUT2D eigenvalue weighted by Crippen LogP contribution is 2.34. The lowest BCUT2D eigenvalue weighted by Gasteiger charge is -2.28. The molecule has 1 saturated carbocycles. The van der Waals surface area contributed by atoms with Crippen molar-refractivity contribution in [3.63, 3.8) is 0 Å². The van der Waals surface area contributed by atoms with Gasteiger partial charge in [-0.1, -0.05) is 120 Å². The van der Waals surface area contributed by atoms with Crippen LogP contribution < -0.4 is 0 Å². The lowest BCUT2D eigenvalue weighted by molar-refractivity contribution is 0.250. The summed E-state index contributed by atoms with van der Waals surface area (Å²) in [6.45, 7) is 4.57. The van der Waals surface area contributed by atoms with Crippen LogP contribution >= 0.6 is 0 Å². The molecule has 0 saturated heterocycles. The zero-order chi connectivity index (χ0) is 24.6. The van der Waals surface area contributed by atoms with Crippen molar-refractivity contribution < 1.29 is 0 Å². The summed E-state index contributed by atoms with van der Waals surface area (Å²) in [4.78, 5) is 0. The molecule has 1 aliphatic carbocycles. The van der Waals surface area contributed by atoms with E-state index in [1.54, 1.807) is 0 Å². The average molecular weight is 467 g/mol. The van der Waals surface area contributed by atoms with Crippen molar-refractivity contribution in [2.75, 3.05) is 0 Å². The van der Waals surface area contributed by atoms with Gasteiger partial charge in [0.2, 0.25) is 0 Å². The molecular formula is C35H46. The zero-order valence-corrected chi connectivity index (χ0v) is 22.4. The Morgan fingerprint density at radius 1 is 0.571 bits per heavy atom. The van der Waals surface area contributed by atoms with Crippen molar-refractivity contribution in [2.45, 2.75) is 110 Å². The van der Waals surface area contributed by atoms with E-state index >= 15 is 0 Å². The monoisotopic (exact) mass is 466 g/mol. The first-order valence-electron chi connectivity index (χ1n) is 14.5. The molecule has 1 fully saturated rings. The Morgan fingerprint density at radius 2 is 1.09 bits per heavy atom. The molecule has 0 nitrogen and oxygen atoms in total. The Hall–Kier alpha value is -2.44. The Balaban J connectivity index is 1.39. The van der Waals surface area contributed by atoms with Crippen LogP contribution in [0.5, 0.6) is 0 Å². The fourth-order valence-electron chi connectivity index (χ4n) is 5.19. The molecule has 0 atom stereocenters. The van der Waals surface area contributed by atoms with Gasteiger partial charge in [-0.3, -0.25) is 0 Å². The topological polar surface area (TPSA) is 0 Å². The Bertz CT molecular complexity index is 947. The third-order valence-electron chi connectivity index (χ3n) is 7.60. The van der Waals surface area contributed by atoms with Crippen molar-refractivity contribution in [3.05, 3.63) is 70.8 Å². The van der Waals surface area contributed by atoms with Gasteiger partial charge < -0.3 is 0 Å². The lowest BCUT2D eigenvalue weighted by atomic mass is 9.78.